The SMILES string of the molecule is CCC(=O)c1nc2c(N)nc(N)nc2nc1SC. The maximum absolute atomic E-state index is 11.8. The normalized spacial score (nSPS) is 10.8. The van der Waals surface area contributed by atoms with Crippen molar-refractivity contribution < 1.29 is 4.79 Å². The molecule has 0 aliphatic rings. The van der Waals surface area contributed by atoms with E-state index in [1.165, 1.54) is 11.8 Å². The molecule has 0 fully saturated rings. The third-order valence-electron chi connectivity index (χ3n) is 2.32. The monoisotopic (exact) mass is 264 g/mol. The number of anilines is 2. The van der Waals surface area contributed by atoms with Gasteiger partial charge in [-0.3, -0.25) is 4.79 Å². The molecule has 2 heterocycles. The second kappa shape index (κ2) is 4.73. The molecule has 4 N–H and O–H groups in total. The summed E-state index contributed by atoms with van der Waals surface area (Å²) in [5.41, 5.74) is 12.1. The van der Waals surface area contributed by atoms with Gasteiger partial charge in [0, 0.05) is 6.42 Å². The van der Waals surface area contributed by atoms with E-state index < -0.39 is 0 Å². The quantitative estimate of drug-likeness (QED) is 0.619. The van der Waals surface area contributed by atoms with Gasteiger partial charge in [0.05, 0.1) is 0 Å². The topological polar surface area (TPSA) is 121 Å². The highest BCUT2D eigenvalue weighted by Gasteiger charge is 2.17. The maximum Gasteiger partial charge on any atom is 0.224 e. The molecule has 0 saturated carbocycles. The van der Waals surface area contributed by atoms with E-state index in [0.717, 1.165) is 0 Å². The number of carbonyl (C=O) groups excluding carboxylic acids is 1. The Morgan fingerprint density at radius 1 is 1.22 bits per heavy atom. The van der Waals surface area contributed by atoms with Gasteiger partial charge < -0.3 is 11.5 Å². The molecule has 0 bridgehead atoms. The summed E-state index contributed by atoms with van der Waals surface area (Å²) in [6.45, 7) is 1.77. The Morgan fingerprint density at radius 2 is 1.94 bits per heavy atom. The van der Waals surface area contributed by atoms with Gasteiger partial charge in [-0.05, 0) is 6.26 Å². The second-order valence-corrected chi connectivity index (χ2v) is 4.29. The molecule has 8 heteroatoms. The van der Waals surface area contributed by atoms with Crippen molar-refractivity contribution in [2.75, 3.05) is 17.7 Å². The highest BCUT2D eigenvalue weighted by molar-refractivity contribution is 7.98. The molecule has 0 amide bonds. The first-order valence-corrected chi connectivity index (χ1v) is 6.47. The van der Waals surface area contributed by atoms with E-state index in [0.29, 0.717) is 28.3 Å². The van der Waals surface area contributed by atoms with Crippen LogP contribution in [0.5, 0.6) is 0 Å². The Bertz CT molecular complexity index is 629. The van der Waals surface area contributed by atoms with E-state index in [-0.39, 0.29) is 17.5 Å². The van der Waals surface area contributed by atoms with Crippen LogP contribution in [-0.2, 0) is 0 Å². The van der Waals surface area contributed by atoms with Crippen LogP contribution in [0.15, 0.2) is 5.03 Å². The summed E-state index contributed by atoms with van der Waals surface area (Å²) in [6, 6.07) is 0. The molecule has 0 unspecified atom stereocenters. The van der Waals surface area contributed by atoms with Crippen LogP contribution in [0, 0.1) is 0 Å². The number of nitrogens with two attached hydrogens (primary N) is 2. The molecule has 2 aromatic rings. The van der Waals surface area contributed by atoms with E-state index in [2.05, 4.69) is 19.9 Å². The highest BCUT2D eigenvalue weighted by atomic mass is 32.2. The lowest BCUT2D eigenvalue weighted by molar-refractivity contribution is 0.0980. The van der Waals surface area contributed by atoms with Gasteiger partial charge in [0.1, 0.15) is 10.7 Å². The highest BCUT2D eigenvalue weighted by Crippen LogP contribution is 2.23. The van der Waals surface area contributed by atoms with Crippen LogP contribution >= 0.6 is 11.8 Å². The van der Waals surface area contributed by atoms with Gasteiger partial charge in [0.25, 0.3) is 0 Å². The second-order valence-electron chi connectivity index (χ2n) is 3.50. The molecule has 2 rings (SSSR count). The number of aromatic nitrogens is 4. The van der Waals surface area contributed by atoms with Crippen molar-refractivity contribution in [2.45, 2.75) is 18.4 Å². The molecule has 0 radical (unpaired) electrons. The van der Waals surface area contributed by atoms with Crippen molar-refractivity contribution >= 4 is 40.5 Å². The molecular weight excluding hydrogens is 252 g/mol. The lowest BCUT2D eigenvalue weighted by Gasteiger charge is -2.07. The van der Waals surface area contributed by atoms with Gasteiger partial charge in [-0.25, -0.2) is 9.97 Å². The lowest BCUT2D eigenvalue weighted by Crippen LogP contribution is -2.09. The average molecular weight is 264 g/mol. The minimum Gasteiger partial charge on any atom is -0.382 e. The van der Waals surface area contributed by atoms with Crippen LogP contribution in [0.25, 0.3) is 11.2 Å². The molecule has 0 aliphatic heterocycles. The van der Waals surface area contributed by atoms with Crippen LogP contribution < -0.4 is 11.5 Å². The number of Topliss-reactive ketones (excluding diaryl/α,β-unsaturated/α-hetero) is 1. The number of fused-ring (bicyclic) bond motifs is 1. The van der Waals surface area contributed by atoms with Gasteiger partial charge >= 0.3 is 0 Å². The summed E-state index contributed by atoms with van der Waals surface area (Å²) in [6.07, 6.45) is 2.17. The van der Waals surface area contributed by atoms with Crippen LogP contribution in [-0.4, -0.2) is 32.0 Å². The zero-order valence-corrected chi connectivity index (χ0v) is 10.8. The first-order valence-electron chi connectivity index (χ1n) is 5.24. The van der Waals surface area contributed by atoms with E-state index in [4.69, 9.17) is 11.5 Å². The zero-order valence-electron chi connectivity index (χ0n) is 9.97. The van der Waals surface area contributed by atoms with Crippen molar-refractivity contribution in [1.82, 2.24) is 19.9 Å². The smallest absolute Gasteiger partial charge is 0.224 e. The summed E-state index contributed by atoms with van der Waals surface area (Å²) in [5, 5.41) is 0.520. The number of carbonyl (C=O) groups is 1. The van der Waals surface area contributed by atoms with Gasteiger partial charge in [0.2, 0.25) is 5.95 Å². The molecular formula is C10H12N6OS. The number of nitrogens with zero attached hydrogens (tertiary/aromatic N) is 4. The fraction of sp³-hybridized carbons (Fsp3) is 0.300. The van der Waals surface area contributed by atoms with Crippen molar-refractivity contribution in [3.05, 3.63) is 5.69 Å². The molecule has 0 aliphatic carbocycles. The fourth-order valence-corrected chi connectivity index (χ4v) is 1.99. The van der Waals surface area contributed by atoms with Crippen molar-refractivity contribution in [3.63, 3.8) is 0 Å². The number of thioether (sulfide) groups is 1. The number of nitrogen functional groups attached to an aromatic ring is 2. The number of hydrogen-bond donors (Lipinski definition) is 2. The first kappa shape index (κ1) is 12.5. The predicted octanol–water partition coefficient (Wildman–Crippen LogP) is 0.899. The Kier molecular flexibility index (Phi) is 3.28. The molecule has 0 aromatic carbocycles. The lowest BCUT2D eigenvalue weighted by atomic mass is 10.2. The average Bonchev–Trinajstić information content (AvgIpc) is 2.36. The summed E-state index contributed by atoms with van der Waals surface area (Å²) in [4.78, 5) is 28.0. The summed E-state index contributed by atoms with van der Waals surface area (Å²) in [5.74, 6) is 0.0729. The van der Waals surface area contributed by atoms with Gasteiger partial charge in [0.15, 0.2) is 22.8 Å². The third-order valence-corrected chi connectivity index (χ3v) is 2.99. The fourth-order valence-electron chi connectivity index (χ4n) is 1.46. The van der Waals surface area contributed by atoms with Crippen molar-refractivity contribution in [2.24, 2.45) is 0 Å². The van der Waals surface area contributed by atoms with Crippen LogP contribution in [0.4, 0.5) is 11.8 Å². The number of rotatable bonds is 3. The molecule has 0 atom stereocenters. The van der Waals surface area contributed by atoms with Crippen molar-refractivity contribution in [1.29, 1.82) is 0 Å². The Morgan fingerprint density at radius 3 is 2.56 bits per heavy atom. The summed E-state index contributed by atoms with van der Waals surface area (Å²) >= 11 is 1.33. The Balaban J connectivity index is 2.77. The largest absolute Gasteiger partial charge is 0.382 e. The van der Waals surface area contributed by atoms with E-state index in [1.54, 1.807) is 6.92 Å². The zero-order chi connectivity index (χ0) is 13.3. The number of hydrogen-bond acceptors (Lipinski definition) is 8. The Hall–Kier alpha value is -1.96. The summed E-state index contributed by atoms with van der Waals surface area (Å²) in [7, 11) is 0. The van der Waals surface area contributed by atoms with Crippen LogP contribution in [0.1, 0.15) is 23.8 Å². The molecule has 18 heavy (non-hydrogen) atoms. The van der Waals surface area contributed by atoms with Crippen LogP contribution in [0.3, 0.4) is 0 Å². The molecule has 7 nitrogen and oxygen atoms in total. The molecule has 2 aromatic heterocycles. The Labute approximate surface area is 107 Å². The van der Waals surface area contributed by atoms with Gasteiger partial charge in [-0.1, -0.05) is 6.92 Å². The van der Waals surface area contributed by atoms with Gasteiger partial charge in [-0.2, -0.15) is 9.97 Å². The van der Waals surface area contributed by atoms with E-state index in [1.807, 2.05) is 6.26 Å². The van der Waals surface area contributed by atoms with Gasteiger partial charge in [-0.15, -0.1) is 11.8 Å². The minimum atomic E-state index is -0.0926. The molecule has 0 saturated heterocycles. The molecule has 94 valence electrons. The maximum atomic E-state index is 11.8. The minimum absolute atomic E-state index is 0.0379. The molecule has 0 spiro atoms. The van der Waals surface area contributed by atoms with Crippen molar-refractivity contribution in [3.8, 4) is 0 Å². The van der Waals surface area contributed by atoms with Crippen LogP contribution in [0.2, 0.25) is 0 Å². The summed E-state index contributed by atoms with van der Waals surface area (Å²) < 4.78 is 0. The standard InChI is InChI=1S/C10H12N6OS/c1-3-4(17)5-9(18-2)15-8-6(13-5)7(11)14-10(12)16-8/h3H2,1-2H3,(H4,11,12,14,15,16). The number of ketones is 1. The van der Waals surface area contributed by atoms with E-state index in [9.17, 15) is 4.79 Å². The van der Waals surface area contributed by atoms with E-state index >= 15 is 0 Å². The predicted molar refractivity (Wildman–Crippen MR) is 70.4 cm³/mol. The third kappa shape index (κ3) is 2.06. The first-order chi connectivity index (χ1) is 8.56.